The highest BCUT2D eigenvalue weighted by Gasteiger charge is 2.04. The first-order chi connectivity index (χ1) is 9.72. The van der Waals surface area contributed by atoms with Crippen LogP contribution < -0.4 is 15.0 Å². The van der Waals surface area contributed by atoms with E-state index in [0.29, 0.717) is 0 Å². The van der Waals surface area contributed by atoms with Crippen LogP contribution >= 0.6 is 0 Å². The summed E-state index contributed by atoms with van der Waals surface area (Å²) in [5.41, 5.74) is 3.77. The van der Waals surface area contributed by atoms with E-state index >= 15 is 0 Å². The molecule has 2 rings (SSSR count). The lowest BCUT2D eigenvalue weighted by Gasteiger charge is -2.20. The average Bonchev–Trinajstić information content (AvgIpc) is 2.48. The summed E-state index contributed by atoms with van der Waals surface area (Å²) in [5.74, 6) is 0.887. The molecular formula is C17H22N2O. The van der Waals surface area contributed by atoms with E-state index in [0.717, 1.165) is 24.5 Å². The van der Waals surface area contributed by atoms with E-state index in [4.69, 9.17) is 4.74 Å². The molecule has 106 valence electrons. The molecule has 20 heavy (non-hydrogen) atoms. The number of nitrogens with one attached hydrogen (secondary N) is 1. The maximum atomic E-state index is 5.27. The van der Waals surface area contributed by atoms with E-state index < -0.39 is 0 Å². The van der Waals surface area contributed by atoms with Crippen molar-refractivity contribution in [1.82, 2.24) is 5.32 Å². The Labute approximate surface area is 121 Å². The van der Waals surface area contributed by atoms with E-state index in [-0.39, 0.29) is 0 Å². The number of rotatable bonds is 6. The third kappa shape index (κ3) is 3.75. The fourth-order valence-electron chi connectivity index (χ4n) is 2.26. The lowest BCUT2D eigenvalue weighted by Crippen LogP contribution is -2.16. The zero-order valence-corrected chi connectivity index (χ0v) is 12.4. The van der Waals surface area contributed by atoms with E-state index in [9.17, 15) is 0 Å². The number of anilines is 1. The van der Waals surface area contributed by atoms with Crippen molar-refractivity contribution >= 4 is 5.69 Å². The largest absolute Gasteiger partial charge is 0.497 e. The molecule has 0 aliphatic heterocycles. The van der Waals surface area contributed by atoms with Gasteiger partial charge in [-0.2, -0.15) is 0 Å². The van der Waals surface area contributed by atoms with Gasteiger partial charge in [-0.05, 0) is 30.3 Å². The van der Waals surface area contributed by atoms with Crippen molar-refractivity contribution in [1.29, 1.82) is 0 Å². The Hall–Kier alpha value is -2.00. The van der Waals surface area contributed by atoms with Crippen LogP contribution in [-0.2, 0) is 13.1 Å². The summed E-state index contributed by atoms with van der Waals surface area (Å²) < 4.78 is 5.27. The molecule has 2 aromatic carbocycles. The smallest absolute Gasteiger partial charge is 0.120 e. The maximum absolute atomic E-state index is 5.27. The first-order valence-electron chi connectivity index (χ1n) is 6.80. The SMILES string of the molecule is CNCc1cccc(CN(C)c2cccc(OC)c2)c1. The minimum atomic E-state index is 0.880. The highest BCUT2D eigenvalue weighted by atomic mass is 16.5. The Morgan fingerprint density at radius 2 is 1.80 bits per heavy atom. The van der Waals surface area contributed by atoms with Gasteiger partial charge in [-0.3, -0.25) is 0 Å². The fraction of sp³-hybridized carbons (Fsp3) is 0.294. The van der Waals surface area contributed by atoms with Gasteiger partial charge in [0.1, 0.15) is 5.75 Å². The molecule has 0 saturated heterocycles. The van der Waals surface area contributed by atoms with Crippen LogP contribution in [0.3, 0.4) is 0 Å². The van der Waals surface area contributed by atoms with Gasteiger partial charge in [-0.25, -0.2) is 0 Å². The third-order valence-electron chi connectivity index (χ3n) is 3.29. The molecule has 0 aliphatic carbocycles. The van der Waals surface area contributed by atoms with Crippen LogP contribution in [0.2, 0.25) is 0 Å². The molecule has 0 amide bonds. The van der Waals surface area contributed by atoms with E-state index in [1.165, 1.54) is 11.1 Å². The van der Waals surface area contributed by atoms with Crippen molar-refractivity contribution in [3.05, 3.63) is 59.7 Å². The predicted octanol–water partition coefficient (Wildman–Crippen LogP) is 3.05. The molecule has 0 unspecified atom stereocenters. The monoisotopic (exact) mass is 270 g/mol. The van der Waals surface area contributed by atoms with Crippen LogP contribution in [0.4, 0.5) is 5.69 Å². The Kier molecular flexibility index (Phi) is 5.02. The Morgan fingerprint density at radius 1 is 1.05 bits per heavy atom. The zero-order chi connectivity index (χ0) is 14.4. The summed E-state index contributed by atoms with van der Waals surface area (Å²) in [6.07, 6.45) is 0. The highest BCUT2D eigenvalue weighted by molar-refractivity contribution is 5.50. The van der Waals surface area contributed by atoms with Crippen LogP contribution in [0.25, 0.3) is 0 Å². The second-order valence-electron chi connectivity index (χ2n) is 4.91. The number of hydrogen-bond acceptors (Lipinski definition) is 3. The fourth-order valence-corrected chi connectivity index (χ4v) is 2.26. The predicted molar refractivity (Wildman–Crippen MR) is 84.3 cm³/mol. The number of benzene rings is 2. The Morgan fingerprint density at radius 3 is 2.55 bits per heavy atom. The van der Waals surface area contributed by atoms with Gasteiger partial charge in [-0.1, -0.05) is 30.3 Å². The summed E-state index contributed by atoms with van der Waals surface area (Å²) >= 11 is 0. The average molecular weight is 270 g/mol. The molecule has 3 nitrogen and oxygen atoms in total. The molecule has 0 spiro atoms. The number of hydrogen-bond donors (Lipinski definition) is 1. The van der Waals surface area contributed by atoms with Crippen molar-refractivity contribution in [3.63, 3.8) is 0 Å². The minimum Gasteiger partial charge on any atom is -0.497 e. The molecule has 0 atom stereocenters. The van der Waals surface area contributed by atoms with Crippen LogP contribution in [0.1, 0.15) is 11.1 Å². The third-order valence-corrected chi connectivity index (χ3v) is 3.29. The summed E-state index contributed by atoms with van der Waals surface area (Å²) in [6, 6.07) is 16.8. The second-order valence-corrected chi connectivity index (χ2v) is 4.91. The molecule has 0 saturated carbocycles. The van der Waals surface area contributed by atoms with Gasteiger partial charge in [0.15, 0.2) is 0 Å². The van der Waals surface area contributed by atoms with Gasteiger partial charge < -0.3 is 15.0 Å². The van der Waals surface area contributed by atoms with Gasteiger partial charge >= 0.3 is 0 Å². The van der Waals surface area contributed by atoms with Crippen LogP contribution in [0.15, 0.2) is 48.5 Å². The molecule has 1 N–H and O–H groups in total. The molecule has 2 aromatic rings. The van der Waals surface area contributed by atoms with E-state index in [1.807, 2.05) is 19.2 Å². The van der Waals surface area contributed by atoms with Gasteiger partial charge in [-0.15, -0.1) is 0 Å². The molecule has 0 aromatic heterocycles. The standard InChI is InChI=1S/C17H22N2O/c1-18-12-14-6-4-7-15(10-14)13-19(2)16-8-5-9-17(11-16)20-3/h4-11,18H,12-13H2,1-3H3. The lowest BCUT2D eigenvalue weighted by atomic mass is 10.1. The number of ether oxygens (including phenoxy) is 1. The maximum Gasteiger partial charge on any atom is 0.120 e. The molecule has 0 bridgehead atoms. The second kappa shape index (κ2) is 6.96. The minimum absolute atomic E-state index is 0.880. The van der Waals surface area contributed by atoms with Crippen molar-refractivity contribution in [3.8, 4) is 5.75 Å². The van der Waals surface area contributed by atoms with E-state index in [1.54, 1.807) is 7.11 Å². The van der Waals surface area contributed by atoms with Gasteiger partial charge in [0, 0.05) is 31.9 Å². The van der Waals surface area contributed by atoms with Gasteiger partial charge in [0.25, 0.3) is 0 Å². The van der Waals surface area contributed by atoms with Gasteiger partial charge in [0.05, 0.1) is 7.11 Å². The van der Waals surface area contributed by atoms with E-state index in [2.05, 4.69) is 53.7 Å². The van der Waals surface area contributed by atoms with Crippen LogP contribution in [0.5, 0.6) is 5.75 Å². The van der Waals surface area contributed by atoms with Crippen molar-refractivity contribution in [2.45, 2.75) is 13.1 Å². The molecule has 0 fully saturated rings. The highest BCUT2D eigenvalue weighted by Crippen LogP contribution is 2.21. The molecule has 0 aliphatic rings. The number of methoxy groups -OCH3 is 1. The zero-order valence-electron chi connectivity index (χ0n) is 12.4. The van der Waals surface area contributed by atoms with Crippen molar-refractivity contribution in [2.75, 3.05) is 26.1 Å². The normalized spacial score (nSPS) is 10.3. The first-order valence-corrected chi connectivity index (χ1v) is 6.80. The molecule has 3 heteroatoms. The van der Waals surface area contributed by atoms with Crippen LogP contribution in [0, 0.1) is 0 Å². The summed E-state index contributed by atoms with van der Waals surface area (Å²) in [6.45, 7) is 1.78. The molecule has 0 heterocycles. The topological polar surface area (TPSA) is 24.5 Å². The van der Waals surface area contributed by atoms with Crippen molar-refractivity contribution in [2.24, 2.45) is 0 Å². The first kappa shape index (κ1) is 14.4. The lowest BCUT2D eigenvalue weighted by molar-refractivity contribution is 0.415. The Bertz CT molecular complexity index is 554. The quantitative estimate of drug-likeness (QED) is 0.873. The number of nitrogens with zero attached hydrogens (tertiary/aromatic N) is 1. The summed E-state index contributed by atoms with van der Waals surface area (Å²) in [7, 11) is 5.76. The Balaban J connectivity index is 2.10. The summed E-state index contributed by atoms with van der Waals surface area (Å²) in [4.78, 5) is 2.22. The summed E-state index contributed by atoms with van der Waals surface area (Å²) in [5, 5.41) is 3.18. The molecule has 0 radical (unpaired) electrons. The van der Waals surface area contributed by atoms with Crippen molar-refractivity contribution < 1.29 is 4.74 Å². The van der Waals surface area contributed by atoms with Gasteiger partial charge in [0.2, 0.25) is 0 Å². The molecular weight excluding hydrogens is 248 g/mol. The van der Waals surface area contributed by atoms with Crippen LogP contribution in [-0.4, -0.2) is 21.2 Å².